The Kier molecular flexibility index (Phi) is 15.7. The number of fused-ring (bicyclic) bond motifs is 15. The Bertz CT molecular complexity index is 6660. The molecule has 0 aliphatic carbocycles. The predicted octanol–water partition coefficient (Wildman–Crippen LogP) is 29.3. The van der Waals surface area contributed by atoms with E-state index in [0.717, 1.165) is 129 Å². The molecule has 0 amide bonds. The van der Waals surface area contributed by atoms with Gasteiger partial charge in [0.1, 0.15) is 0 Å². The Hall–Kier alpha value is -13.1. The molecule has 20 rings (SSSR count). The molecule has 0 unspecified atom stereocenters. The van der Waals surface area contributed by atoms with Gasteiger partial charge in [-0.1, -0.05) is 253 Å². The molecule has 550 valence electrons. The lowest BCUT2D eigenvalue weighted by atomic mass is 9.85. The second-order valence-corrected chi connectivity index (χ2v) is 35.1. The average Bonchev–Trinajstić information content (AvgIpc) is 1.61. The van der Waals surface area contributed by atoms with Crippen molar-refractivity contribution < 1.29 is 0 Å². The molecule has 7 nitrogen and oxygen atoms in total. The third-order valence-electron chi connectivity index (χ3n) is 23.8. The minimum atomic E-state index is -0.0639. The Morgan fingerprint density at radius 3 is 0.770 bits per heavy atom. The first kappa shape index (κ1) is 69.1. The molecule has 0 aliphatic heterocycles. The van der Waals surface area contributed by atoms with Crippen LogP contribution in [0.2, 0.25) is 0 Å². The molecule has 0 radical (unpaired) electrons. The maximum Gasteiger partial charge on any atom is 0.0782 e. The Morgan fingerprint density at radius 1 is 0.177 bits per heavy atom. The molecule has 0 saturated carbocycles. The average molecular weight is 1460 g/mol. The summed E-state index contributed by atoms with van der Waals surface area (Å²) in [6.07, 6.45) is 0. The van der Waals surface area contributed by atoms with Crippen LogP contribution >= 0.6 is 0 Å². The van der Waals surface area contributed by atoms with Gasteiger partial charge in [0, 0.05) is 88.0 Å². The molecule has 7 heteroatoms. The zero-order chi connectivity index (χ0) is 77.1. The number of hydrogen-bond donors (Lipinski definition) is 0. The Balaban J connectivity index is 0.929. The fourth-order valence-electron chi connectivity index (χ4n) is 18.1. The van der Waals surface area contributed by atoms with Crippen LogP contribution in [0.4, 0.5) is 34.1 Å². The third-order valence-corrected chi connectivity index (χ3v) is 23.8. The maximum atomic E-state index is 2.57. The topological polar surface area (TPSA) is 31.1 Å². The zero-order valence-corrected chi connectivity index (χ0v) is 66.4. The van der Waals surface area contributed by atoms with Gasteiger partial charge >= 0.3 is 0 Å². The maximum absolute atomic E-state index is 2.57. The molecule has 0 fully saturated rings. The molecular formula is C106H91N7. The first-order valence-corrected chi connectivity index (χ1v) is 39.9. The van der Waals surface area contributed by atoms with E-state index in [1.807, 2.05) is 0 Å². The van der Waals surface area contributed by atoms with Crippen molar-refractivity contribution in [3.05, 3.63) is 356 Å². The third kappa shape index (κ3) is 11.3. The van der Waals surface area contributed by atoms with Gasteiger partial charge < -0.3 is 32.6 Å². The Labute approximate surface area is 660 Å². The minimum absolute atomic E-state index is 0.0639. The second kappa shape index (κ2) is 25.7. The van der Waals surface area contributed by atoms with Crippen molar-refractivity contribution in [1.82, 2.24) is 22.8 Å². The van der Waals surface area contributed by atoms with Gasteiger partial charge in [0.15, 0.2) is 0 Å². The first-order valence-electron chi connectivity index (χ1n) is 39.9. The standard InChI is InChI=1S/C106H91N7/c1-103(2,3)68-51-55-95-87(59-68)88-60-69(104(4,5)6)52-56-96(88)109(95)76-37-27-35-74(63-76)107(99-49-29-43-85-83-41-21-25-47-93(83)112(101(85)99)72-31-15-13-16-32-72)78-65-79(67-80(66-78)111-91-45-23-19-39-81(91)82-40-20-24-46-92(82)111)108(100-50-30-44-86-84-42-22-26-48-94(84)113(102(86)100)73-33-17-14-18-34-73)75-36-28-38-77(64-75)110-97-57-53-70(105(7,8)9)61-89(97)90-62-71(106(10,11)12)54-58-98(90)110/h13-67H,1-12H3. The summed E-state index contributed by atoms with van der Waals surface area (Å²) in [5, 5.41) is 12.0. The monoisotopic (exact) mass is 1460 g/mol. The highest BCUT2D eigenvalue weighted by Crippen LogP contribution is 2.52. The highest BCUT2D eigenvalue weighted by molar-refractivity contribution is 6.18. The van der Waals surface area contributed by atoms with Crippen molar-refractivity contribution >= 4 is 143 Å². The number of nitrogens with zero attached hydrogens (tertiary/aromatic N) is 7. The lowest BCUT2D eigenvalue weighted by Crippen LogP contribution is -2.16. The van der Waals surface area contributed by atoms with Crippen LogP contribution in [0, 0.1) is 0 Å². The van der Waals surface area contributed by atoms with E-state index in [9.17, 15) is 0 Å². The van der Waals surface area contributed by atoms with Crippen LogP contribution in [0.1, 0.15) is 105 Å². The number of hydrogen-bond acceptors (Lipinski definition) is 2. The van der Waals surface area contributed by atoms with Crippen LogP contribution in [0.5, 0.6) is 0 Å². The van der Waals surface area contributed by atoms with Gasteiger partial charge in [0.2, 0.25) is 0 Å². The van der Waals surface area contributed by atoms with Gasteiger partial charge in [-0.3, -0.25) is 0 Å². The van der Waals surface area contributed by atoms with Crippen LogP contribution in [0.25, 0.3) is 137 Å². The lowest BCUT2D eigenvalue weighted by molar-refractivity contribution is 0.590. The SMILES string of the molecule is CC(C)(C)c1ccc2c(c1)c1cc(C(C)(C)C)ccc1n2-c1cccc(N(c2cc(N(c3cccc(-n4c5ccc(C(C)(C)C)cc5c5cc(C(C)(C)C)ccc54)c3)c3cccc4c5ccccc5n(-c5ccccc5)c34)cc(-n3c4ccccc4c4ccccc43)c2)c2cccc3c4ccccc4n(-c4ccccc4)c23)c1. The van der Waals surface area contributed by atoms with Crippen molar-refractivity contribution in [3.63, 3.8) is 0 Å². The zero-order valence-electron chi connectivity index (χ0n) is 66.4. The fraction of sp³-hybridized carbons (Fsp3) is 0.151. The van der Waals surface area contributed by atoms with Crippen LogP contribution in [0.3, 0.4) is 0 Å². The summed E-state index contributed by atoms with van der Waals surface area (Å²) in [5.74, 6) is 0. The molecule has 0 atom stereocenters. The molecule has 20 aromatic rings. The second-order valence-electron chi connectivity index (χ2n) is 35.1. The molecule has 0 N–H and O–H groups in total. The summed E-state index contributed by atoms with van der Waals surface area (Å²) in [4.78, 5) is 5.14. The fourth-order valence-corrected chi connectivity index (χ4v) is 18.1. The molecule has 15 aromatic carbocycles. The number of aromatic nitrogens is 5. The highest BCUT2D eigenvalue weighted by atomic mass is 15.2. The van der Waals surface area contributed by atoms with Gasteiger partial charge in [-0.05, 0) is 208 Å². The Morgan fingerprint density at radius 2 is 0.434 bits per heavy atom. The highest BCUT2D eigenvalue weighted by Gasteiger charge is 2.31. The van der Waals surface area contributed by atoms with Gasteiger partial charge in [-0.15, -0.1) is 0 Å². The summed E-state index contributed by atoms with van der Waals surface area (Å²) in [6.45, 7) is 27.9. The van der Waals surface area contributed by atoms with E-state index in [-0.39, 0.29) is 21.7 Å². The van der Waals surface area contributed by atoms with Crippen LogP contribution < -0.4 is 9.80 Å². The van der Waals surface area contributed by atoms with Gasteiger partial charge in [-0.25, -0.2) is 0 Å². The van der Waals surface area contributed by atoms with E-state index in [1.165, 1.54) is 65.3 Å². The molecular weight excluding hydrogens is 1370 g/mol. The van der Waals surface area contributed by atoms with E-state index in [0.29, 0.717) is 0 Å². The molecule has 0 bridgehead atoms. The van der Waals surface area contributed by atoms with Crippen LogP contribution in [0.15, 0.2) is 334 Å². The van der Waals surface area contributed by atoms with E-state index < -0.39 is 0 Å². The van der Waals surface area contributed by atoms with Crippen LogP contribution in [-0.4, -0.2) is 22.8 Å². The number of benzene rings is 15. The lowest BCUT2D eigenvalue weighted by Gasteiger charge is -2.32. The smallest absolute Gasteiger partial charge is 0.0782 e. The number of anilines is 6. The van der Waals surface area contributed by atoms with E-state index in [1.54, 1.807) is 0 Å². The molecule has 5 aromatic heterocycles. The van der Waals surface area contributed by atoms with Crippen molar-refractivity contribution in [3.8, 4) is 28.4 Å². The van der Waals surface area contributed by atoms with Crippen molar-refractivity contribution in [2.45, 2.75) is 105 Å². The molecule has 0 aliphatic rings. The first-order chi connectivity index (χ1) is 54.6. The summed E-state index contributed by atoms with van der Waals surface area (Å²) in [7, 11) is 0. The van der Waals surface area contributed by atoms with Gasteiger partial charge in [-0.2, -0.15) is 0 Å². The molecule has 0 spiro atoms. The van der Waals surface area contributed by atoms with E-state index >= 15 is 0 Å². The predicted molar refractivity (Wildman–Crippen MR) is 482 cm³/mol. The summed E-state index contributed by atoms with van der Waals surface area (Å²) in [5.41, 5.74) is 27.5. The summed E-state index contributed by atoms with van der Waals surface area (Å²) < 4.78 is 12.5. The van der Waals surface area contributed by atoms with Gasteiger partial charge in [0.05, 0.1) is 83.6 Å². The van der Waals surface area contributed by atoms with Crippen molar-refractivity contribution in [2.24, 2.45) is 0 Å². The number of para-hydroxylation sites is 8. The molecule has 0 saturated heterocycles. The summed E-state index contributed by atoms with van der Waals surface area (Å²) >= 11 is 0. The van der Waals surface area contributed by atoms with Crippen LogP contribution in [-0.2, 0) is 21.7 Å². The van der Waals surface area contributed by atoms with Gasteiger partial charge in [0.25, 0.3) is 0 Å². The largest absolute Gasteiger partial charge is 0.309 e. The number of rotatable bonds is 11. The molecule has 5 heterocycles. The quantitative estimate of drug-likeness (QED) is 0.129. The van der Waals surface area contributed by atoms with Crippen molar-refractivity contribution in [2.75, 3.05) is 9.80 Å². The normalized spacial score (nSPS) is 12.6. The van der Waals surface area contributed by atoms with E-state index in [4.69, 9.17) is 0 Å². The summed E-state index contributed by atoms with van der Waals surface area (Å²) in [6, 6.07) is 126. The van der Waals surface area contributed by atoms with E-state index in [2.05, 4.69) is 449 Å². The minimum Gasteiger partial charge on any atom is -0.309 e. The molecule has 113 heavy (non-hydrogen) atoms. The van der Waals surface area contributed by atoms with Crippen molar-refractivity contribution in [1.29, 1.82) is 0 Å².